The first kappa shape index (κ1) is 18.8. The number of aliphatic carboxylic acids is 1. The Hall–Kier alpha value is -3.52. The van der Waals surface area contributed by atoms with Gasteiger partial charge in [0.1, 0.15) is 5.82 Å². The Morgan fingerprint density at radius 1 is 1.03 bits per heavy atom. The van der Waals surface area contributed by atoms with Gasteiger partial charge in [-0.3, -0.25) is 14.2 Å². The summed E-state index contributed by atoms with van der Waals surface area (Å²) < 4.78 is 2.07. The average molecular weight is 406 g/mol. The zero-order valence-electron chi connectivity index (χ0n) is 15.4. The first-order valence-electron chi connectivity index (χ1n) is 9.08. The standard InChI is InChI=1S/C21H18N4O3S/c26-19(24-21-22-14(13-29-21)12-20(27)28)11-10-18-23-16-8-4-5-9-17(16)25(18)15-6-2-1-3-7-15/h1-9,13H,10-12H2,(H,27,28)(H,22,24,26). The summed E-state index contributed by atoms with van der Waals surface area (Å²) in [5, 5.41) is 13.6. The molecule has 0 aliphatic heterocycles. The summed E-state index contributed by atoms with van der Waals surface area (Å²) in [6, 6.07) is 17.8. The van der Waals surface area contributed by atoms with Crippen molar-refractivity contribution in [2.24, 2.45) is 0 Å². The number of amides is 1. The van der Waals surface area contributed by atoms with E-state index in [1.165, 1.54) is 11.3 Å². The predicted octanol–water partition coefficient (Wildman–Crippen LogP) is 3.68. The normalized spacial score (nSPS) is 10.9. The highest BCUT2D eigenvalue weighted by Gasteiger charge is 2.14. The third-order valence-corrected chi connectivity index (χ3v) is 5.16. The number of nitrogens with one attached hydrogen (secondary N) is 1. The second-order valence-corrected chi connectivity index (χ2v) is 7.31. The molecule has 4 aromatic rings. The number of imidazole rings is 1. The van der Waals surface area contributed by atoms with Gasteiger partial charge in [-0.15, -0.1) is 11.3 Å². The fraction of sp³-hybridized carbons (Fsp3) is 0.143. The fourth-order valence-corrected chi connectivity index (χ4v) is 3.84. The summed E-state index contributed by atoms with van der Waals surface area (Å²) in [5.41, 5.74) is 3.30. The minimum atomic E-state index is -0.951. The molecule has 29 heavy (non-hydrogen) atoms. The molecule has 146 valence electrons. The molecule has 4 rings (SSSR count). The second kappa shape index (κ2) is 8.24. The van der Waals surface area contributed by atoms with Crippen molar-refractivity contribution in [2.45, 2.75) is 19.3 Å². The van der Waals surface area contributed by atoms with E-state index < -0.39 is 5.97 Å². The Kier molecular flexibility index (Phi) is 5.35. The van der Waals surface area contributed by atoms with E-state index in [2.05, 4.69) is 14.9 Å². The number of carboxylic acids is 1. The lowest BCUT2D eigenvalue weighted by atomic mass is 10.2. The molecule has 2 aromatic heterocycles. The summed E-state index contributed by atoms with van der Waals surface area (Å²) in [6.07, 6.45) is 0.542. The van der Waals surface area contributed by atoms with E-state index in [0.717, 1.165) is 22.5 Å². The van der Waals surface area contributed by atoms with Crippen LogP contribution in [0.1, 0.15) is 17.9 Å². The maximum Gasteiger partial charge on any atom is 0.309 e. The molecule has 7 nitrogen and oxygen atoms in total. The molecule has 8 heteroatoms. The highest BCUT2D eigenvalue weighted by Crippen LogP contribution is 2.22. The van der Waals surface area contributed by atoms with E-state index in [9.17, 15) is 9.59 Å². The quantitative estimate of drug-likeness (QED) is 0.488. The molecular weight excluding hydrogens is 388 g/mol. The first-order valence-corrected chi connectivity index (χ1v) is 9.96. The third-order valence-electron chi connectivity index (χ3n) is 4.35. The zero-order valence-corrected chi connectivity index (χ0v) is 16.2. The van der Waals surface area contributed by atoms with Gasteiger partial charge >= 0.3 is 5.97 Å². The van der Waals surface area contributed by atoms with Crippen molar-refractivity contribution in [1.82, 2.24) is 14.5 Å². The first-order chi connectivity index (χ1) is 14.1. The van der Waals surface area contributed by atoms with Gasteiger partial charge in [0.25, 0.3) is 0 Å². The Morgan fingerprint density at radius 2 is 1.79 bits per heavy atom. The molecule has 0 atom stereocenters. The van der Waals surface area contributed by atoms with Crippen LogP contribution >= 0.6 is 11.3 Å². The number of benzene rings is 2. The van der Waals surface area contributed by atoms with Crippen LogP contribution in [0, 0.1) is 0 Å². The number of fused-ring (bicyclic) bond motifs is 1. The van der Waals surface area contributed by atoms with E-state index >= 15 is 0 Å². The van der Waals surface area contributed by atoms with Gasteiger partial charge in [-0.25, -0.2) is 9.97 Å². The second-order valence-electron chi connectivity index (χ2n) is 6.45. The minimum Gasteiger partial charge on any atom is -0.481 e. The Labute approximate surface area is 170 Å². The number of carbonyl (C=O) groups excluding carboxylic acids is 1. The number of hydrogen-bond acceptors (Lipinski definition) is 5. The molecule has 0 fully saturated rings. The molecule has 0 spiro atoms. The Bertz CT molecular complexity index is 1170. The van der Waals surface area contributed by atoms with Gasteiger partial charge < -0.3 is 10.4 Å². The smallest absolute Gasteiger partial charge is 0.309 e. The zero-order chi connectivity index (χ0) is 20.2. The molecule has 0 aliphatic rings. The van der Waals surface area contributed by atoms with Crippen molar-refractivity contribution >= 4 is 39.4 Å². The third kappa shape index (κ3) is 4.33. The molecule has 0 saturated carbocycles. The number of thiazole rings is 1. The summed E-state index contributed by atoms with van der Waals surface area (Å²) in [7, 11) is 0. The van der Waals surface area contributed by atoms with Crippen LogP contribution in [0.3, 0.4) is 0 Å². The average Bonchev–Trinajstić information content (AvgIpc) is 3.30. The van der Waals surface area contributed by atoms with E-state index in [4.69, 9.17) is 10.1 Å². The molecule has 1 amide bonds. The summed E-state index contributed by atoms with van der Waals surface area (Å²) in [4.78, 5) is 32.0. The molecule has 0 unspecified atom stereocenters. The maximum absolute atomic E-state index is 12.4. The van der Waals surface area contributed by atoms with Crippen molar-refractivity contribution in [3.8, 4) is 5.69 Å². The van der Waals surface area contributed by atoms with Crippen molar-refractivity contribution in [3.05, 3.63) is 71.5 Å². The van der Waals surface area contributed by atoms with Gasteiger partial charge in [0, 0.05) is 23.9 Å². The molecule has 2 N–H and O–H groups in total. The highest BCUT2D eigenvalue weighted by molar-refractivity contribution is 7.13. The fourth-order valence-electron chi connectivity index (χ4n) is 3.12. The van der Waals surface area contributed by atoms with Crippen molar-refractivity contribution in [2.75, 3.05) is 5.32 Å². The van der Waals surface area contributed by atoms with Crippen LogP contribution in [0.15, 0.2) is 60.0 Å². The van der Waals surface area contributed by atoms with Gasteiger partial charge in [0.2, 0.25) is 5.91 Å². The number of nitrogens with zero attached hydrogens (tertiary/aromatic N) is 3. The van der Waals surface area contributed by atoms with Crippen LogP contribution in [0.25, 0.3) is 16.7 Å². The van der Waals surface area contributed by atoms with Gasteiger partial charge in [0.05, 0.1) is 23.1 Å². The molecule has 0 saturated heterocycles. The summed E-state index contributed by atoms with van der Waals surface area (Å²) in [6.45, 7) is 0. The molecule has 0 aliphatic carbocycles. The number of para-hydroxylation sites is 3. The van der Waals surface area contributed by atoms with E-state index in [1.807, 2.05) is 54.6 Å². The minimum absolute atomic E-state index is 0.159. The monoisotopic (exact) mass is 406 g/mol. The van der Waals surface area contributed by atoms with E-state index in [-0.39, 0.29) is 18.7 Å². The molecule has 0 radical (unpaired) electrons. The highest BCUT2D eigenvalue weighted by atomic mass is 32.1. The molecule has 0 bridgehead atoms. The number of carbonyl (C=O) groups is 2. The number of anilines is 1. The van der Waals surface area contributed by atoms with E-state index in [0.29, 0.717) is 17.2 Å². The Morgan fingerprint density at radius 3 is 2.59 bits per heavy atom. The van der Waals surface area contributed by atoms with Crippen LogP contribution < -0.4 is 5.32 Å². The molecule has 2 heterocycles. The van der Waals surface area contributed by atoms with Crippen LogP contribution in [-0.4, -0.2) is 31.5 Å². The van der Waals surface area contributed by atoms with Crippen LogP contribution in [0.2, 0.25) is 0 Å². The van der Waals surface area contributed by atoms with Crippen molar-refractivity contribution < 1.29 is 14.7 Å². The predicted molar refractivity (Wildman–Crippen MR) is 111 cm³/mol. The summed E-state index contributed by atoms with van der Waals surface area (Å²) >= 11 is 1.22. The number of aryl methyl sites for hydroxylation is 1. The maximum atomic E-state index is 12.4. The van der Waals surface area contributed by atoms with Crippen LogP contribution in [0.5, 0.6) is 0 Å². The number of hydrogen-bond donors (Lipinski definition) is 2. The topological polar surface area (TPSA) is 97.1 Å². The Balaban J connectivity index is 1.50. The van der Waals surface area contributed by atoms with Crippen molar-refractivity contribution in [1.29, 1.82) is 0 Å². The van der Waals surface area contributed by atoms with Gasteiger partial charge in [-0.2, -0.15) is 0 Å². The van der Waals surface area contributed by atoms with Crippen molar-refractivity contribution in [3.63, 3.8) is 0 Å². The molecular formula is C21H18N4O3S. The largest absolute Gasteiger partial charge is 0.481 e. The number of rotatable bonds is 7. The summed E-state index contributed by atoms with van der Waals surface area (Å²) in [5.74, 6) is -0.334. The van der Waals surface area contributed by atoms with E-state index in [1.54, 1.807) is 5.38 Å². The lowest BCUT2D eigenvalue weighted by Gasteiger charge is -2.09. The lowest BCUT2D eigenvalue weighted by Crippen LogP contribution is -2.14. The lowest BCUT2D eigenvalue weighted by molar-refractivity contribution is -0.136. The van der Waals surface area contributed by atoms with Gasteiger partial charge in [-0.1, -0.05) is 30.3 Å². The van der Waals surface area contributed by atoms with Crippen LogP contribution in [0.4, 0.5) is 5.13 Å². The SMILES string of the molecule is O=C(O)Cc1csc(NC(=O)CCc2nc3ccccc3n2-c2ccccc2)n1. The number of carboxylic acid groups (broad SMARTS) is 1. The van der Waals surface area contributed by atoms with Gasteiger partial charge in [-0.05, 0) is 24.3 Å². The van der Waals surface area contributed by atoms with Crippen LogP contribution in [-0.2, 0) is 22.4 Å². The number of aromatic nitrogens is 3. The molecule has 2 aromatic carbocycles. The van der Waals surface area contributed by atoms with Gasteiger partial charge in [0.15, 0.2) is 5.13 Å².